The highest BCUT2D eigenvalue weighted by Gasteiger charge is 2.29. The first-order chi connectivity index (χ1) is 11.7. The second-order valence-electron chi connectivity index (χ2n) is 6.24. The predicted molar refractivity (Wildman–Crippen MR) is 94.3 cm³/mol. The zero-order valence-corrected chi connectivity index (χ0v) is 13.2. The second-order valence-corrected chi connectivity index (χ2v) is 6.24. The Hall–Kier alpha value is -2.88. The molecular weight excluding hydrogens is 300 g/mol. The fourth-order valence-corrected chi connectivity index (χ4v) is 3.54. The third-order valence-corrected chi connectivity index (χ3v) is 4.74. The van der Waals surface area contributed by atoms with Crippen LogP contribution in [0.25, 0.3) is 10.8 Å². The molecule has 1 amide bonds. The Kier molecular flexibility index (Phi) is 3.65. The number of fused-ring (bicyclic) bond motifs is 1. The largest absolute Gasteiger partial charge is 0.357 e. The molecule has 120 valence electrons. The number of hydrogen-bond donors (Lipinski definition) is 1. The molecule has 0 saturated carbocycles. The van der Waals surface area contributed by atoms with Crippen molar-refractivity contribution >= 4 is 16.7 Å². The lowest BCUT2D eigenvalue weighted by Crippen LogP contribution is -2.29. The summed E-state index contributed by atoms with van der Waals surface area (Å²) >= 11 is 0. The van der Waals surface area contributed by atoms with Crippen molar-refractivity contribution in [3.8, 4) is 0 Å². The van der Waals surface area contributed by atoms with Crippen LogP contribution in [0.4, 0.5) is 0 Å². The van der Waals surface area contributed by atoms with Gasteiger partial charge in [0.2, 0.25) is 0 Å². The molecule has 1 aliphatic heterocycles. The summed E-state index contributed by atoms with van der Waals surface area (Å²) in [6.45, 7) is 1.40. The lowest BCUT2D eigenvalue weighted by Gasteiger charge is -2.17. The monoisotopic (exact) mass is 318 g/mol. The minimum absolute atomic E-state index is 0.101. The van der Waals surface area contributed by atoms with Gasteiger partial charge in [-0.1, -0.05) is 42.5 Å². The first kappa shape index (κ1) is 14.7. The standard InChI is InChI=1S/C20H18N2O2/c23-16-8-10-21-19(12-16)20(24)22-11-9-15(13-22)18-7-3-5-14-4-1-2-6-17(14)18/h1-8,10,12,15H,9,11,13H2,(H,21,23). The van der Waals surface area contributed by atoms with Gasteiger partial charge in [0.05, 0.1) is 0 Å². The number of pyridine rings is 1. The number of rotatable bonds is 2. The second kappa shape index (κ2) is 5.96. The molecule has 4 nitrogen and oxygen atoms in total. The SMILES string of the molecule is O=C(c1cc(=O)cc[nH]1)N1CCC(c2cccc3ccccc23)C1. The molecule has 1 fully saturated rings. The van der Waals surface area contributed by atoms with Crippen molar-refractivity contribution in [1.29, 1.82) is 0 Å². The maximum absolute atomic E-state index is 12.6. The number of likely N-dealkylation sites (tertiary alicyclic amines) is 1. The normalized spacial score (nSPS) is 17.3. The number of aromatic amines is 1. The highest BCUT2D eigenvalue weighted by Crippen LogP contribution is 2.32. The Morgan fingerprint density at radius 2 is 1.92 bits per heavy atom. The van der Waals surface area contributed by atoms with Crippen LogP contribution in [0.3, 0.4) is 0 Å². The van der Waals surface area contributed by atoms with Crippen LogP contribution >= 0.6 is 0 Å². The van der Waals surface area contributed by atoms with Crippen LogP contribution in [0.15, 0.2) is 65.6 Å². The van der Waals surface area contributed by atoms with E-state index < -0.39 is 0 Å². The van der Waals surface area contributed by atoms with Crippen molar-refractivity contribution in [2.45, 2.75) is 12.3 Å². The molecule has 3 aromatic rings. The zero-order valence-electron chi connectivity index (χ0n) is 13.2. The molecule has 0 spiro atoms. The third kappa shape index (κ3) is 2.60. The average Bonchev–Trinajstić information content (AvgIpc) is 3.10. The fourth-order valence-electron chi connectivity index (χ4n) is 3.54. The summed E-state index contributed by atoms with van der Waals surface area (Å²) in [6, 6.07) is 17.5. The van der Waals surface area contributed by atoms with Gasteiger partial charge >= 0.3 is 0 Å². The van der Waals surface area contributed by atoms with Crippen LogP contribution < -0.4 is 5.43 Å². The number of carbonyl (C=O) groups is 1. The topological polar surface area (TPSA) is 53.2 Å². The van der Waals surface area contributed by atoms with E-state index in [2.05, 4.69) is 41.4 Å². The van der Waals surface area contributed by atoms with E-state index in [1.54, 1.807) is 0 Å². The smallest absolute Gasteiger partial charge is 0.270 e. The Balaban J connectivity index is 1.60. The van der Waals surface area contributed by atoms with Gasteiger partial charge in [-0.05, 0) is 22.8 Å². The van der Waals surface area contributed by atoms with Crippen LogP contribution in [0, 0.1) is 0 Å². The van der Waals surface area contributed by atoms with Crippen LogP contribution in [-0.2, 0) is 0 Å². The number of nitrogens with one attached hydrogen (secondary N) is 1. The first-order valence-corrected chi connectivity index (χ1v) is 8.18. The number of H-pyrrole nitrogens is 1. The molecule has 1 unspecified atom stereocenters. The van der Waals surface area contributed by atoms with Gasteiger partial charge in [0.15, 0.2) is 5.43 Å². The molecule has 0 aliphatic carbocycles. The maximum atomic E-state index is 12.6. The molecule has 1 saturated heterocycles. The molecule has 1 atom stereocenters. The van der Waals surface area contributed by atoms with Gasteiger partial charge in [-0.3, -0.25) is 9.59 Å². The van der Waals surface area contributed by atoms with Crippen molar-refractivity contribution in [1.82, 2.24) is 9.88 Å². The summed E-state index contributed by atoms with van der Waals surface area (Å²) in [6.07, 6.45) is 2.46. The molecule has 0 bridgehead atoms. The predicted octanol–water partition coefficient (Wildman–Crippen LogP) is 3.16. The number of hydrogen-bond acceptors (Lipinski definition) is 2. The highest BCUT2D eigenvalue weighted by atomic mass is 16.2. The molecule has 1 N–H and O–H groups in total. The van der Waals surface area contributed by atoms with Crippen molar-refractivity contribution in [2.75, 3.05) is 13.1 Å². The van der Waals surface area contributed by atoms with Gasteiger partial charge in [-0.25, -0.2) is 0 Å². The lowest BCUT2D eigenvalue weighted by atomic mass is 9.93. The molecule has 4 heteroatoms. The van der Waals surface area contributed by atoms with E-state index in [4.69, 9.17) is 0 Å². The number of benzene rings is 2. The minimum Gasteiger partial charge on any atom is -0.357 e. The van der Waals surface area contributed by atoms with Crippen molar-refractivity contribution < 1.29 is 4.79 Å². The van der Waals surface area contributed by atoms with Gasteiger partial charge in [0.25, 0.3) is 5.91 Å². The fraction of sp³-hybridized carbons (Fsp3) is 0.200. The summed E-state index contributed by atoms with van der Waals surface area (Å²) < 4.78 is 0. The summed E-state index contributed by atoms with van der Waals surface area (Å²) in [7, 11) is 0. The Labute approximate surface area is 139 Å². The number of aromatic nitrogens is 1. The van der Waals surface area contributed by atoms with Crippen molar-refractivity contribution in [3.63, 3.8) is 0 Å². The van der Waals surface area contributed by atoms with E-state index in [0.29, 0.717) is 24.7 Å². The van der Waals surface area contributed by atoms with Gasteiger partial charge in [0, 0.05) is 37.3 Å². The highest BCUT2D eigenvalue weighted by molar-refractivity contribution is 5.92. The van der Waals surface area contributed by atoms with Gasteiger partial charge in [0.1, 0.15) is 5.69 Å². The molecule has 2 aromatic carbocycles. The van der Waals surface area contributed by atoms with Crippen molar-refractivity contribution in [3.05, 3.63) is 82.3 Å². The Bertz CT molecular complexity index is 956. The van der Waals surface area contributed by atoms with Crippen LogP contribution in [0.2, 0.25) is 0 Å². The Morgan fingerprint density at radius 1 is 1.08 bits per heavy atom. The summed E-state index contributed by atoms with van der Waals surface area (Å²) in [4.78, 5) is 28.8. The van der Waals surface area contributed by atoms with E-state index in [0.717, 1.165) is 6.42 Å². The van der Waals surface area contributed by atoms with Gasteiger partial charge < -0.3 is 9.88 Å². The van der Waals surface area contributed by atoms with Gasteiger partial charge in [-0.15, -0.1) is 0 Å². The van der Waals surface area contributed by atoms with E-state index >= 15 is 0 Å². The molecule has 1 aromatic heterocycles. The molecule has 2 heterocycles. The molecule has 1 aliphatic rings. The zero-order chi connectivity index (χ0) is 16.5. The number of carbonyl (C=O) groups excluding carboxylic acids is 1. The molecule has 0 radical (unpaired) electrons. The summed E-state index contributed by atoms with van der Waals surface area (Å²) in [5.41, 5.74) is 1.51. The molecular formula is C20H18N2O2. The van der Waals surface area contributed by atoms with Crippen LogP contribution in [0.5, 0.6) is 0 Å². The van der Waals surface area contributed by atoms with Crippen LogP contribution in [-0.4, -0.2) is 28.9 Å². The Morgan fingerprint density at radius 3 is 2.79 bits per heavy atom. The average molecular weight is 318 g/mol. The minimum atomic E-state index is -0.151. The number of nitrogens with zero attached hydrogens (tertiary/aromatic N) is 1. The van der Waals surface area contributed by atoms with E-state index in [1.165, 1.54) is 34.7 Å². The maximum Gasteiger partial charge on any atom is 0.270 e. The van der Waals surface area contributed by atoms with Gasteiger partial charge in [-0.2, -0.15) is 0 Å². The quantitative estimate of drug-likeness (QED) is 0.789. The molecule has 24 heavy (non-hydrogen) atoms. The summed E-state index contributed by atoms with van der Waals surface area (Å²) in [5.74, 6) is 0.228. The molecule has 4 rings (SSSR count). The number of amides is 1. The van der Waals surface area contributed by atoms with E-state index in [1.807, 2.05) is 11.0 Å². The van der Waals surface area contributed by atoms with Crippen LogP contribution in [0.1, 0.15) is 28.4 Å². The van der Waals surface area contributed by atoms with E-state index in [-0.39, 0.29) is 11.3 Å². The summed E-state index contributed by atoms with van der Waals surface area (Å²) in [5, 5.41) is 2.49. The first-order valence-electron chi connectivity index (χ1n) is 8.18. The van der Waals surface area contributed by atoms with E-state index in [9.17, 15) is 9.59 Å². The third-order valence-electron chi connectivity index (χ3n) is 4.74. The van der Waals surface area contributed by atoms with Crippen molar-refractivity contribution in [2.24, 2.45) is 0 Å². The lowest BCUT2D eigenvalue weighted by molar-refractivity contribution is 0.0785.